The van der Waals surface area contributed by atoms with Crippen LogP contribution in [-0.2, 0) is 10.0 Å². The van der Waals surface area contributed by atoms with Gasteiger partial charge in [0.15, 0.2) is 0 Å². The van der Waals surface area contributed by atoms with Crippen molar-refractivity contribution in [2.45, 2.75) is 42.7 Å². The van der Waals surface area contributed by atoms with Gasteiger partial charge >= 0.3 is 0 Å². The van der Waals surface area contributed by atoms with Gasteiger partial charge in [0.2, 0.25) is 0 Å². The standard InChI is InChI=1S/C19H21BrN2O4S/c20-14-4-6-16(7-5-14)22-27(25,26)18-3-1-2-13(12-18)19(24)21-15-8-10-17(23)11-9-15/h1-7,12,15,17,22-23H,8-11H2,(H,21,24). The van der Waals surface area contributed by atoms with Gasteiger partial charge in [-0.05, 0) is 68.1 Å². The van der Waals surface area contributed by atoms with Gasteiger partial charge in [0.05, 0.1) is 11.0 Å². The van der Waals surface area contributed by atoms with Crippen LogP contribution in [0.5, 0.6) is 0 Å². The number of carbonyl (C=O) groups excluding carboxylic acids is 1. The van der Waals surface area contributed by atoms with E-state index in [0.717, 1.165) is 17.3 Å². The Bertz CT molecular complexity index is 908. The maximum absolute atomic E-state index is 12.6. The normalized spacial score (nSPS) is 20.1. The lowest BCUT2D eigenvalue weighted by Crippen LogP contribution is -2.38. The van der Waals surface area contributed by atoms with Crippen molar-refractivity contribution >= 4 is 37.5 Å². The number of halogens is 1. The van der Waals surface area contributed by atoms with Crippen LogP contribution in [-0.4, -0.2) is 31.6 Å². The summed E-state index contributed by atoms with van der Waals surface area (Å²) in [5.41, 5.74) is 0.730. The quantitative estimate of drug-likeness (QED) is 0.648. The Balaban J connectivity index is 1.72. The van der Waals surface area contributed by atoms with Crippen molar-refractivity contribution in [1.29, 1.82) is 0 Å². The number of aliphatic hydroxyl groups excluding tert-OH is 1. The third kappa shape index (κ3) is 5.31. The smallest absolute Gasteiger partial charge is 0.261 e. The van der Waals surface area contributed by atoms with Crippen LogP contribution in [0.4, 0.5) is 5.69 Å². The van der Waals surface area contributed by atoms with Crippen molar-refractivity contribution in [3.8, 4) is 0 Å². The van der Waals surface area contributed by atoms with Crippen LogP contribution < -0.4 is 10.0 Å². The molecule has 1 aliphatic carbocycles. The molecule has 0 heterocycles. The molecule has 2 aromatic carbocycles. The summed E-state index contributed by atoms with van der Waals surface area (Å²) in [6.45, 7) is 0. The molecular formula is C19H21BrN2O4S. The number of benzene rings is 2. The molecule has 0 bridgehead atoms. The lowest BCUT2D eigenvalue weighted by molar-refractivity contribution is 0.0867. The summed E-state index contributed by atoms with van der Waals surface area (Å²) in [7, 11) is -3.80. The number of aliphatic hydroxyl groups is 1. The minimum Gasteiger partial charge on any atom is -0.393 e. The van der Waals surface area contributed by atoms with Crippen molar-refractivity contribution in [2.24, 2.45) is 0 Å². The molecule has 0 atom stereocenters. The zero-order chi connectivity index (χ0) is 19.4. The number of hydrogen-bond acceptors (Lipinski definition) is 4. The van der Waals surface area contributed by atoms with Crippen LogP contribution in [0.1, 0.15) is 36.0 Å². The van der Waals surface area contributed by atoms with Gasteiger partial charge in [0.1, 0.15) is 0 Å². The first-order chi connectivity index (χ1) is 12.8. The van der Waals surface area contributed by atoms with Crippen molar-refractivity contribution in [2.75, 3.05) is 4.72 Å². The highest BCUT2D eigenvalue weighted by atomic mass is 79.9. The van der Waals surface area contributed by atoms with Crippen LogP contribution in [0.25, 0.3) is 0 Å². The molecule has 0 saturated heterocycles. The third-order valence-corrected chi connectivity index (χ3v) is 6.44. The van der Waals surface area contributed by atoms with E-state index in [-0.39, 0.29) is 22.9 Å². The number of nitrogens with one attached hydrogen (secondary N) is 2. The summed E-state index contributed by atoms with van der Waals surface area (Å²) in [6.07, 6.45) is 2.47. The van der Waals surface area contributed by atoms with E-state index < -0.39 is 10.0 Å². The number of amides is 1. The molecule has 144 valence electrons. The maximum Gasteiger partial charge on any atom is 0.261 e. The van der Waals surface area contributed by atoms with Gasteiger partial charge in [-0.15, -0.1) is 0 Å². The average Bonchev–Trinajstić information content (AvgIpc) is 2.65. The van der Waals surface area contributed by atoms with E-state index in [1.807, 2.05) is 0 Å². The molecule has 1 fully saturated rings. The zero-order valence-corrected chi connectivity index (χ0v) is 17.0. The van der Waals surface area contributed by atoms with Crippen LogP contribution in [0.15, 0.2) is 57.9 Å². The van der Waals surface area contributed by atoms with Crippen LogP contribution in [0.2, 0.25) is 0 Å². The number of rotatable bonds is 5. The van der Waals surface area contributed by atoms with E-state index in [0.29, 0.717) is 24.1 Å². The number of hydrogen-bond donors (Lipinski definition) is 3. The first kappa shape index (κ1) is 19.9. The predicted molar refractivity (Wildman–Crippen MR) is 107 cm³/mol. The van der Waals surface area contributed by atoms with Crippen molar-refractivity contribution in [3.63, 3.8) is 0 Å². The van der Waals surface area contributed by atoms with Gasteiger partial charge < -0.3 is 10.4 Å². The predicted octanol–water partition coefficient (Wildman–Crippen LogP) is 3.28. The Morgan fingerprint density at radius 3 is 2.37 bits per heavy atom. The van der Waals surface area contributed by atoms with Gasteiger partial charge in [0, 0.05) is 21.8 Å². The summed E-state index contributed by atoms with van der Waals surface area (Å²) in [5.74, 6) is -0.308. The molecule has 3 N–H and O–H groups in total. The second kappa shape index (κ2) is 8.41. The number of sulfonamides is 1. The van der Waals surface area contributed by atoms with E-state index in [2.05, 4.69) is 26.0 Å². The molecule has 8 heteroatoms. The van der Waals surface area contributed by atoms with E-state index in [9.17, 15) is 18.3 Å². The monoisotopic (exact) mass is 452 g/mol. The number of carbonyl (C=O) groups is 1. The van der Waals surface area contributed by atoms with Gasteiger partial charge in [-0.25, -0.2) is 8.42 Å². The highest BCUT2D eigenvalue weighted by Gasteiger charge is 2.22. The van der Waals surface area contributed by atoms with Crippen LogP contribution >= 0.6 is 15.9 Å². The van der Waals surface area contributed by atoms with Gasteiger partial charge in [-0.1, -0.05) is 22.0 Å². The Morgan fingerprint density at radius 2 is 1.70 bits per heavy atom. The Labute approximate surface area is 167 Å². The fraction of sp³-hybridized carbons (Fsp3) is 0.316. The minimum atomic E-state index is -3.80. The van der Waals surface area contributed by atoms with E-state index in [4.69, 9.17) is 0 Å². The van der Waals surface area contributed by atoms with Crippen LogP contribution in [0.3, 0.4) is 0 Å². The van der Waals surface area contributed by atoms with Crippen molar-refractivity contribution in [3.05, 3.63) is 58.6 Å². The first-order valence-corrected chi connectivity index (χ1v) is 11.0. The largest absolute Gasteiger partial charge is 0.393 e. The highest BCUT2D eigenvalue weighted by Crippen LogP contribution is 2.21. The van der Waals surface area contributed by atoms with Gasteiger partial charge in [0.25, 0.3) is 15.9 Å². The molecule has 1 amide bonds. The zero-order valence-electron chi connectivity index (χ0n) is 14.6. The molecular weight excluding hydrogens is 432 g/mol. The molecule has 0 unspecified atom stereocenters. The Kier molecular flexibility index (Phi) is 6.18. The summed E-state index contributed by atoms with van der Waals surface area (Å²) in [6, 6.07) is 12.7. The second-order valence-electron chi connectivity index (χ2n) is 6.62. The average molecular weight is 453 g/mol. The molecule has 2 aromatic rings. The minimum absolute atomic E-state index is 0.00190. The molecule has 0 radical (unpaired) electrons. The van der Waals surface area contributed by atoms with Crippen molar-refractivity contribution < 1.29 is 18.3 Å². The first-order valence-electron chi connectivity index (χ1n) is 8.71. The topological polar surface area (TPSA) is 95.5 Å². The SMILES string of the molecule is O=C(NC1CCC(O)CC1)c1cccc(S(=O)(=O)Nc2ccc(Br)cc2)c1. The summed E-state index contributed by atoms with van der Waals surface area (Å²) in [5, 5.41) is 12.5. The fourth-order valence-corrected chi connectivity index (χ4v) is 4.39. The molecule has 1 aliphatic rings. The lowest BCUT2D eigenvalue weighted by atomic mass is 9.93. The third-order valence-electron chi connectivity index (χ3n) is 4.53. The second-order valence-corrected chi connectivity index (χ2v) is 9.22. The maximum atomic E-state index is 12.6. The molecule has 0 spiro atoms. The molecule has 0 aromatic heterocycles. The highest BCUT2D eigenvalue weighted by molar-refractivity contribution is 9.10. The van der Waals surface area contributed by atoms with Crippen molar-refractivity contribution in [1.82, 2.24) is 5.32 Å². The van der Waals surface area contributed by atoms with E-state index in [1.54, 1.807) is 36.4 Å². The molecule has 1 saturated carbocycles. The van der Waals surface area contributed by atoms with E-state index in [1.165, 1.54) is 12.1 Å². The summed E-state index contributed by atoms with van der Waals surface area (Å²) in [4.78, 5) is 12.5. The van der Waals surface area contributed by atoms with Crippen LogP contribution in [0, 0.1) is 0 Å². The summed E-state index contributed by atoms with van der Waals surface area (Å²) < 4.78 is 28.6. The Hall–Kier alpha value is -1.90. The fourth-order valence-electron chi connectivity index (χ4n) is 3.03. The van der Waals surface area contributed by atoms with Gasteiger partial charge in [-0.3, -0.25) is 9.52 Å². The molecule has 0 aliphatic heterocycles. The van der Waals surface area contributed by atoms with E-state index >= 15 is 0 Å². The summed E-state index contributed by atoms with van der Waals surface area (Å²) >= 11 is 3.30. The molecule has 27 heavy (non-hydrogen) atoms. The Morgan fingerprint density at radius 1 is 1.04 bits per heavy atom. The lowest BCUT2D eigenvalue weighted by Gasteiger charge is -2.26. The number of anilines is 1. The molecule has 3 rings (SSSR count). The molecule has 6 nitrogen and oxygen atoms in total. The van der Waals surface area contributed by atoms with Gasteiger partial charge in [-0.2, -0.15) is 0 Å².